The van der Waals surface area contributed by atoms with Crippen molar-refractivity contribution in [2.75, 3.05) is 5.73 Å². The number of ether oxygens (including phenoxy) is 1. The van der Waals surface area contributed by atoms with Gasteiger partial charge in [0, 0.05) is 17.2 Å². The second-order valence-corrected chi connectivity index (χ2v) is 5.87. The summed E-state index contributed by atoms with van der Waals surface area (Å²) in [4.78, 5) is 11.4. The van der Waals surface area contributed by atoms with Crippen molar-refractivity contribution >= 4 is 34.4 Å². The molecule has 5 heteroatoms. The predicted octanol–water partition coefficient (Wildman–Crippen LogP) is 3.14. The average Bonchev–Trinajstić information content (AvgIpc) is 2.17. The first kappa shape index (κ1) is 14.1. The summed E-state index contributed by atoms with van der Waals surface area (Å²) < 4.78 is 6.11. The fraction of sp³-hybridized carbons (Fsp3) is 0.417. The maximum absolute atomic E-state index is 11.4. The van der Waals surface area contributed by atoms with E-state index in [0.29, 0.717) is 6.54 Å². The molecule has 0 spiro atoms. The van der Waals surface area contributed by atoms with Crippen LogP contribution in [0.25, 0.3) is 0 Å². The highest BCUT2D eigenvalue weighted by Crippen LogP contribution is 2.16. The number of carbonyl (C=O) groups is 1. The fourth-order valence-corrected chi connectivity index (χ4v) is 1.75. The number of benzene rings is 1. The highest BCUT2D eigenvalue weighted by atomic mass is 127. The topological polar surface area (TPSA) is 64.3 Å². The van der Waals surface area contributed by atoms with Crippen molar-refractivity contribution in [2.24, 2.45) is 0 Å². The molecule has 1 rings (SSSR count). The van der Waals surface area contributed by atoms with E-state index in [-0.39, 0.29) is 1.43 Å². The molecule has 4 nitrogen and oxygen atoms in total. The molecule has 1 amide bonds. The molecule has 1 aromatic carbocycles. The Morgan fingerprint density at radius 1 is 1.53 bits per heavy atom. The minimum Gasteiger partial charge on any atom is -0.444 e. The van der Waals surface area contributed by atoms with Crippen molar-refractivity contribution in [1.82, 2.24) is 5.32 Å². The van der Waals surface area contributed by atoms with Crippen LogP contribution in [0.2, 0.25) is 0 Å². The molecule has 0 atom stereocenters. The summed E-state index contributed by atoms with van der Waals surface area (Å²) in [6.45, 7) is 5.93. The zero-order valence-corrected chi connectivity index (χ0v) is 12.4. The highest BCUT2D eigenvalue weighted by molar-refractivity contribution is 14.1. The van der Waals surface area contributed by atoms with Crippen LogP contribution in [-0.4, -0.2) is 11.7 Å². The van der Waals surface area contributed by atoms with Gasteiger partial charge in [-0.15, -0.1) is 0 Å². The summed E-state index contributed by atoms with van der Waals surface area (Å²) in [5.74, 6) is 0. The summed E-state index contributed by atoms with van der Waals surface area (Å²) in [5, 5.41) is 2.70. The molecule has 0 fully saturated rings. The van der Waals surface area contributed by atoms with E-state index in [1.165, 1.54) is 0 Å². The van der Waals surface area contributed by atoms with Crippen LogP contribution in [0.1, 0.15) is 27.8 Å². The van der Waals surface area contributed by atoms with Crippen LogP contribution >= 0.6 is 22.6 Å². The minimum atomic E-state index is -0.473. The number of rotatable bonds is 2. The molecule has 1 aromatic rings. The van der Waals surface area contributed by atoms with Crippen molar-refractivity contribution in [1.29, 1.82) is 0 Å². The second kappa shape index (κ2) is 5.57. The third kappa shape index (κ3) is 5.25. The van der Waals surface area contributed by atoms with Crippen molar-refractivity contribution in [3.05, 3.63) is 27.3 Å². The standard InChI is InChI=1S/C12H17IN2O2.H2/c1-12(2,3)17-11(16)15-7-8-4-5-10(14)9(13)6-8;/h4-6H,7,14H2,1-3H3,(H,15,16);1H. The monoisotopic (exact) mass is 350 g/mol. The molecule has 0 heterocycles. The number of nitrogen functional groups attached to an aromatic ring is 1. The van der Waals surface area contributed by atoms with Gasteiger partial charge >= 0.3 is 6.09 Å². The molecule has 0 bridgehead atoms. The van der Waals surface area contributed by atoms with Crippen LogP contribution in [-0.2, 0) is 11.3 Å². The van der Waals surface area contributed by atoms with Crippen LogP contribution in [0.15, 0.2) is 18.2 Å². The third-order valence-electron chi connectivity index (χ3n) is 1.90. The number of nitrogens with one attached hydrogen (secondary N) is 1. The van der Waals surface area contributed by atoms with Crippen molar-refractivity contribution in [3.8, 4) is 0 Å². The number of hydrogen-bond donors (Lipinski definition) is 2. The number of amides is 1. The maximum Gasteiger partial charge on any atom is 0.407 e. The lowest BCUT2D eigenvalue weighted by Gasteiger charge is -2.19. The first-order chi connectivity index (χ1) is 7.78. The van der Waals surface area contributed by atoms with Gasteiger partial charge < -0.3 is 15.8 Å². The zero-order valence-electron chi connectivity index (χ0n) is 10.2. The van der Waals surface area contributed by atoms with Crippen LogP contribution in [0, 0.1) is 3.57 Å². The third-order valence-corrected chi connectivity index (χ3v) is 2.83. The molecule has 0 saturated heterocycles. The van der Waals surface area contributed by atoms with E-state index in [9.17, 15) is 4.79 Å². The van der Waals surface area contributed by atoms with Crippen LogP contribution in [0.5, 0.6) is 0 Å². The number of alkyl carbamates (subject to hydrolysis) is 1. The summed E-state index contributed by atoms with van der Waals surface area (Å²) >= 11 is 2.16. The molecule has 17 heavy (non-hydrogen) atoms. The lowest BCUT2D eigenvalue weighted by Crippen LogP contribution is -2.32. The van der Waals surface area contributed by atoms with Gasteiger partial charge in [0.2, 0.25) is 0 Å². The average molecular weight is 350 g/mol. The Kier molecular flexibility index (Phi) is 4.62. The molecule has 3 N–H and O–H groups in total. The zero-order chi connectivity index (χ0) is 13.1. The van der Waals surface area contributed by atoms with Crippen LogP contribution in [0.3, 0.4) is 0 Å². The Morgan fingerprint density at radius 2 is 2.18 bits per heavy atom. The number of hydrogen-bond acceptors (Lipinski definition) is 3. The largest absolute Gasteiger partial charge is 0.444 e. The number of carbonyl (C=O) groups excluding carboxylic acids is 1. The van der Waals surface area contributed by atoms with Gasteiger partial charge in [0.1, 0.15) is 5.60 Å². The van der Waals surface area contributed by atoms with Gasteiger partial charge in [-0.3, -0.25) is 0 Å². The van der Waals surface area contributed by atoms with E-state index in [4.69, 9.17) is 10.5 Å². The van der Waals surface area contributed by atoms with E-state index in [0.717, 1.165) is 14.8 Å². The Morgan fingerprint density at radius 3 is 2.71 bits per heavy atom. The van der Waals surface area contributed by atoms with Gasteiger partial charge in [0.15, 0.2) is 0 Å². The summed E-state index contributed by atoms with van der Waals surface area (Å²) in [5.41, 5.74) is 6.97. The van der Waals surface area contributed by atoms with Gasteiger partial charge in [-0.2, -0.15) is 0 Å². The summed E-state index contributed by atoms with van der Waals surface area (Å²) in [7, 11) is 0. The van der Waals surface area contributed by atoms with Gasteiger partial charge in [-0.1, -0.05) is 6.07 Å². The lowest BCUT2D eigenvalue weighted by atomic mass is 10.2. The Balaban J connectivity index is 0.00000289. The van der Waals surface area contributed by atoms with Crippen LogP contribution < -0.4 is 11.1 Å². The molecule has 0 aliphatic heterocycles. The SMILES string of the molecule is CC(C)(C)OC(=O)NCc1ccc(N)c(I)c1.[HH]. The molecule has 0 radical (unpaired) electrons. The summed E-state index contributed by atoms with van der Waals surface area (Å²) in [6, 6.07) is 5.65. The van der Waals surface area contributed by atoms with Crippen molar-refractivity contribution in [3.63, 3.8) is 0 Å². The molecule has 0 saturated carbocycles. The Labute approximate surface area is 117 Å². The first-order valence-corrected chi connectivity index (χ1v) is 6.36. The number of halogens is 1. The molecular weight excluding hydrogens is 331 g/mol. The minimum absolute atomic E-state index is 0. The quantitative estimate of drug-likeness (QED) is 0.636. The molecule has 0 aliphatic carbocycles. The Bertz CT molecular complexity index is 419. The number of nitrogens with two attached hydrogens (primary N) is 1. The van der Waals surface area contributed by atoms with E-state index < -0.39 is 11.7 Å². The van der Waals surface area contributed by atoms with Gasteiger partial charge in [-0.05, 0) is 61.1 Å². The Hall–Kier alpha value is -0.980. The second-order valence-electron chi connectivity index (χ2n) is 4.71. The first-order valence-electron chi connectivity index (χ1n) is 5.29. The molecule has 0 aliphatic rings. The normalized spacial score (nSPS) is 11.1. The molecule has 96 valence electrons. The fourth-order valence-electron chi connectivity index (χ4n) is 1.17. The lowest BCUT2D eigenvalue weighted by molar-refractivity contribution is 0.0523. The van der Waals surface area contributed by atoms with E-state index in [2.05, 4.69) is 27.9 Å². The molecule has 0 unspecified atom stereocenters. The predicted molar refractivity (Wildman–Crippen MR) is 78.8 cm³/mol. The van der Waals surface area contributed by atoms with Crippen molar-refractivity contribution in [2.45, 2.75) is 32.9 Å². The van der Waals surface area contributed by atoms with Crippen molar-refractivity contribution < 1.29 is 11.0 Å². The van der Waals surface area contributed by atoms with E-state index in [1.807, 2.05) is 39.0 Å². The smallest absolute Gasteiger partial charge is 0.407 e. The summed E-state index contributed by atoms with van der Waals surface area (Å²) in [6.07, 6.45) is -0.413. The maximum atomic E-state index is 11.4. The van der Waals surface area contributed by atoms with Gasteiger partial charge in [-0.25, -0.2) is 4.79 Å². The molecule has 0 aromatic heterocycles. The van der Waals surface area contributed by atoms with E-state index >= 15 is 0 Å². The van der Waals surface area contributed by atoms with E-state index in [1.54, 1.807) is 0 Å². The van der Waals surface area contributed by atoms with Gasteiger partial charge in [0.05, 0.1) is 0 Å². The van der Waals surface area contributed by atoms with Gasteiger partial charge in [0.25, 0.3) is 0 Å². The van der Waals surface area contributed by atoms with Crippen LogP contribution in [0.4, 0.5) is 10.5 Å². The highest BCUT2D eigenvalue weighted by Gasteiger charge is 2.15. The number of anilines is 1. The molecular formula is C12H19IN2O2.